The number of ether oxygens (including phenoxy) is 1. The van der Waals surface area contributed by atoms with Gasteiger partial charge in [-0.1, -0.05) is 54.6 Å². The lowest BCUT2D eigenvalue weighted by Crippen LogP contribution is -2.27. The molecule has 1 amide bonds. The minimum Gasteiger partial charge on any atom is -0.462 e. The molecule has 0 saturated carbocycles. The lowest BCUT2D eigenvalue weighted by atomic mass is 10.1. The Bertz CT molecular complexity index is 666. The summed E-state index contributed by atoms with van der Waals surface area (Å²) in [5.74, 6) is -0.490. The Labute approximate surface area is 135 Å². The van der Waals surface area contributed by atoms with Crippen molar-refractivity contribution in [2.75, 3.05) is 6.61 Å². The van der Waals surface area contributed by atoms with Gasteiger partial charge in [0.25, 0.3) is 5.91 Å². The van der Waals surface area contributed by atoms with E-state index in [1.807, 2.05) is 54.6 Å². The van der Waals surface area contributed by atoms with Crippen molar-refractivity contribution in [2.24, 2.45) is 0 Å². The summed E-state index contributed by atoms with van der Waals surface area (Å²) in [6, 6.07) is 18.4. The second kappa shape index (κ2) is 8.54. The van der Waals surface area contributed by atoms with Gasteiger partial charge in [-0.25, -0.2) is 0 Å². The fourth-order valence-electron chi connectivity index (χ4n) is 2.07. The summed E-state index contributed by atoms with van der Waals surface area (Å²) in [6.07, 6.45) is 3.55. The fraction of sp³-hybridized carbons (Fsp3) is 0.158. The Morgan fingerprint density at radius 2 is 1.65 bits per heavy atom. The van der Waals surface area contributed by atoms with E-state index >= 15 is 0 Å². The number of rotatable bonds is 6. The van der Waals surface area contributed by atoms with Crippen molar-refractivity contribution < 1.29 is 14.3 Å². The molecule has 0 spiro atoms. The van der Waals surface area contributed by atoms with E-state index in [0.717, 1.165) is 5.56 Å². The van der Waals surface area contributed by atoms with Crippen molar-refractivity contribution >= 4 is 11.9 Å². The molecule has 2 rings (SSSR count). The minimum atomic E-state index is -0.334. The normalized spacial score (nSPS) is 11.9. The molecule has 0 fully saturated rings. The first-order valence-electron chi connectivity index (χ1n) is 7.37. The summed E-state index contributed by atoms with van der Waals surface area (Å²) in [4.78, 5) is 23.1. The lowest BCUT2D eigenvalue weighted by molar-refractivity contribution is -0.139. The van der Waals surface area contributed by atoms with Crippen molar-refractivity contribution in [1.29, 1.82) is 0 Å². The highest BCUT2D eigenvalue weighted by molar-refractivity contribution is 5.94. The smallest absolute Gasteiger partial charge is 0.302 e. The van der Waals surface area contributed by atoms with Gasteiger partial charge in [0, 0.05) is 12.5 Å². The van der Waals surface area contributed by atoms with E-state index in [0.29, 0.717) is 5.56 Å². The van der Waals surface area contributed by atoms with Crippen molar-refractivity contribution in [3.63, 3.8) is 0 Å². The Hall–Kier alpha value is -2.88. The molecule has 4 nitrogen and oxygen atoms in total. The van der Waals surface area contributed by atoms with E-state index in [4.69, 9.17) is 4.74 Å². The predicted octanol–water partition coefficient (Wildman–Crippen LogP) is 3.28. The lowest BCUT2D eigenvalue weighted by Gasteiger charge is -2.16. The number of benzene rings is 2. The predicted molar refractivity (Wildman–Crippen MR) is 88.9 cm³/mol. The largest absolute Gasteiger partial charge is 0.462 e. The molecular formula is C19H19NO3. The molecule has 0 bridgehead atoms. The van der Waals surface area contributed by atoms with Gasteiger partial charge < -0.3 is 10.1 Å². The van der Waals surface area contributed by atoms with Crippen LogP contribution in [-0.2, 0) is 9.53 Å². The molecule has 0 aliphatic carbocycles. The highest BCUT2D eigenvalue weighted by Gasteiger charge is 2.12. The average Bonchev–Trinajstić information content (AvgIpc) is 2.58. The van der Waals surface area contributed by atoms with Gasteiger partial charge in [0.1, 0.15) is 6.61 Å². The molecule has 0 aliphatic heterocycles. The maximum atomic E-state index is 12.3. The summed E-state index contributed by atoms with van der Waals surface area (Å²) >= 11 is 0. The van der Waals surface area contributed by atoms with Crippen LogP contribution in [0.1, 0.15) is 28.9 Å². The molecular weight excluding hydrogens is 290 g/mol. The van der Waals surface area contributed by atoms with Gasteiger partial charge in [-0.05, 0) is 23.8 Å². The second-order valence-electron chi connectivity index (χ2n) is 4.96. The zero-order valence-corrected chi connectivity index (χ0v) is 12.9. The van der Waals surface area contributed by atoms with Gasteiger partial charge in [0.15, 0.2) is 0 Å². The standard InChI is InChI=1S/C19H19NO3/c1-15(21)23-14-8-13-18(16-9-4-2-5-10-16)20-19(22)17-11-6-3-7-12-17/h2-13,18H,14H2,1H3,(H,20,22)/t18-/m1/s1. The molecule has 4 heteroatoms. The van der Waals surface area contributed by atoms with Crippen molar-refractivity contribution in [3.8, 4) is 0 Å². The van der Waals surface area contributed by atoms with Gasteiger partial charge in [0.2, 0.25) is 0 Å². The van der Waals surface area contributed by atoms with Crippen LogP contribution in [0.2, 0.25) is 0 Å². The Morgan fingerprint density at radius 3 is 2.26 bits per heavy atom. The topological polar surface area (TPSA) is 55.4 Å². The van der Waals surface area contributed by atoms with E-state index in [-0.39, 0.29) is 24.5 Å². The molecule has 118 valence electrons. The molecule has 1 atom stereocenters. The van der Waals surface area contributed by atoms with Gasteiger partial charge in [-0.3, -0.25) is 9.59 Å². The van der Waals surface area contributed by atoms with Crippen molar-refractivity contribution in [3.05, 3.63) is 83.9 Å². The zero-order chi connectivity index (χ0) is 16.5. The van der Waals surface area contributed by atoms with E-state index in [1.54, 1.807) is 18.2 Å². The van der Waals surface area contributed by atoms with Crippen LogP contribution in [-0.4, -0.2) is 18.5 Å². The van der Waals surface area contributed by atoms with E-state index in [1.165, 1.54) is 6.92 Å². The highest BCUT2D eigenvalue weighted by Crippen LogP contribution is 2.15. The first-order chi connectivity index (χ1) is 11.2. The van der Waals surface area contributed by atoms with Crippen LogP contribution in [0.5, 0.6) is 0 Å². The summed E-state index contributed by atoms with van der Waals surface area (Å²) in [7, 11) is 0. The van der Waals surface area contributed by atoms with Crippen LogP contribution in [0.4, 0.5) is 0 Å². The SMILES string of the molecule is CC(=O)OCC=C[C@@H](NC(=O)c1ccccc1)c1ccccc1. The third-order valence-corrected chi connectivity index (χ3v) is 3.19. The number of amides is 1. The molecule has 1 N–H and O–H groups in total. The Morgan fingerprint density at radius 1 is 1.04 bits per heavy atom. The summed E-state index contributed by atoms with van der Waals surface area (Å²) in [5.41, 5.74) is 1.55. The average molecular weight is 309 g/mol. The quantitative estimate of drug-likeness (QED) is 0.658. The van der Waals surface area contributed by atoms with Crippen molar-refractivity contribution in [2.45, 2.75) is 13.0 Å². The molecule has 0 radical (unpaired) electrons. The molecule has 0 aromatic heterocycles. The van der Waals surface area contributed by atoms with Crippen LogP contribution in [0.3, 0.4) is 0 Å². The van der Waals surface area contributed by atoms with Gasteiger partial charge in [0.05, 0.1) is 6.04 Å². The third kappa shape index (κ3) is 5.43. The molecule has 0 saturated heterocycles. The van der Waals surface area contributed by atoms with Crippen LogP contribution in [0, 0.1) is 0 Å². The first-order valence-corrected chi connectivity index (χ1v) is 7.37. The number of carbonyl (C=O) groups is 2. The highest BCUT2D eigenvalue weighted by atomic mass is 16.5. The zero-order valence-electron chi connectivity index (χ0n) is 12.9. The second-order valence-corrected chi connectivity index (χ2v) is 4.96. The summed E-state index contributed by atoms with van der Waals surface area (Å²) in [6.45, 7) is 1.54. The number of nitrogens with one attached hydrogen (secondary N) is 1. The summed E-state index contributed by atoms with van der Waals surface area (Å²) in [5, 5.41) is 2.97. The molecule has 2 aromatic rings. The van der Waals surface area contributed by atoms with E-state index < -0.39 is 0 Å². The number of esters is 1. The molecule has 0 aliphatic rings. The minimum absolute atomic E-state index is 0.156. The van der Waals surface area contributed by atoms with Gasteiger partial charge in [-0.2, -0.15) is 0 Å². The molecule has 0 unspecified atom stereocenters. The van der Waals surface area contributed by atoms with Crippen LogP contribution < -0.4 is 5.32 Å². The first kappa shape index (κ1) is 16.5. The van der Waals surface area contributed by atoms with E-state index in [9.17, 15) is 9.59 Å². The van der Waals surface area contributed by atoms with Crippen molar-refractivity contribution in [1.82, 2.24) is 5.32 Å². The fourth-order valence-corrected chi connectivity index (χ4v) is 2.07. The van der Waals surface area contributed by atoms with Gasteiger partial charge >= 0.3 is 5.97 Å². The molecule has 23 heavy (non-hydrogen) atoms. The molecule has 0 heterocycles. The number of carbonyl (C=O) groups excluding carboxylic acids is 2. The maximum absolute atomic E-state index is 12.3. The van der Waals surface area contributed by atoms with Crippen LogP contribution in [0.15, 0.2) is 72.8 Å². The maximum Gasteiger partial charge on any atom is 0.302 e. The monoisotopic (exact) mass is 309 g/mol. The van der Waals surface area contributed by atoms with Crippen LogP contribution in [0.25, 0.3) is 0 Å². The summed E-state index contributed by atoms with van der Waals surface area (Å²) < 4.78 is 4.88. The number of hydrogen-bond acceptors (Lipinski definition) is 3. The third-order valence-electron chi connectivity index (χ3n) is 3.19. The van der Waals surface area contributed by atoms with E-state index in [2.05, 4.69) is 5.32 Å². The number of hydrogen-bond donors (Lipinski definition) is 1. The van der Waals surface area contributed by atoms with Crippen LogP contribution >= 0.6 is 0 Å². The molecule has 2 aromatic carbocycles. The van der Waals surface area contributed by atoms with Gasteiger partial charge in [-0.15, -0.1) is 0 Å². The Kier molecular flexibility index (Phi) is 6.12. The Balaban J connectivity index is 2.10.